The largest absolute Gasteiger partial charge is 0.387 e. The minimum atomic E-state index is -0.608. The number of thiophene rings is 1. The van der Waals surface area contributed by atoms with E-state index >= 15 is 0 Å². The van der Waals surface area contributed by atoms with Crippen molar-refractivity contribution < 1.29 is 5.11 Å². The Morgan fingerprint density at radius 2 is 2.10 bits per heavy atom. The Kier molecular flexibility index (Phi) is 5.72. The van der Waals surface area contributed by atoms with Crippen LogP contribution in [0.1, 0.15) is 25.5 Å². The van der Waals surface area contributed by atoms with Gasteiger partial charge in [-0.3, -0.25) is 0 Å². The maximum Gasteiger partial charge on any atom is 0.231 e. The first-order valence-electron chi connectivity index (χ1n) is 6.74. The van der Waals surface area contributed by atoms with E-state index in [4.69, 9.17) is 11.6 Å². The average molecular weight is 328 g/mol. The van der Waals surface area contributed by atoms with Crippen LogP contribution >= 0.6 is 22.9 Å². The Labute approximate surface area is 132 Å². The van der Waals surface area contributed by atoms with Gasteiger partial charge in [-0.15, -0.1) is 0 Å². The molecule has 0 aliphatic carbocycles. The smallest absolute Gasteiger partial charge is 0.231 e. The average Bonchev–Trinajstić information content (AvgIpc) is 3.00. The van der Waals surface area contributed by atoms with Crippen molar-refractivity contribution >= 4 is 34.8 Å². The topological polar surface area (TPSA) is 74.2 Å². The summed E-state index contributed by atoms with van der Waals surface area (Å²) in [5.74, 6) is 0.902. The first-order valence-corrected chi connectivity index (χ1v) is 8.06. The van der Waals surface area contributed by atoms with Gasteiger partial charge >= 0.3 is 0 Å². The number of aliphatic hydroxyl groups excluding tert-OH is 1. The molecule has 8 heteroatoms. The molecule has 114 valence electrons. The van der Waals surface area contributed by atoms with Crippen molar-refractivity contribution in [3.8, 4) is 0 Å². The molecule has 1 atom stereocenters. The minimum absolute atomic E-state index is 0.138. The summed E-state index contributed by atoms with van der Waals surface area (Å²) in [4.78, 5) is 14.5. The number of nitrogens with zero attached hydrogens (tertiary/aromatic N) is 4. The van der Waals surface area contributed by atoms with Crippen molar-refractivity contribution in [3.05, 3.63) is 27.7 Å². The first-order chi connectivity index (χ1) is 10.1. The molecule has 2 heterocycles. The second-order valence-electron chi connectivity index (χ2n) is 4.35. The van der Waals surface area contributed by atoms with E-state index in [1.807, 2.05) is 35.6 Å². The number of aliphatic hydroxyl groups is 1. The molecule has 0 saturated carbocycles. The highest BCUT2D eigenvalue weighted by atomic mass is 35.5. The molecule has 0 aromatic carbocycles. The summed E-state index contributed by atoms with van der Waals surface area (Å²) in [6.07, 6.45) is -0.608. The van der Waals surface area contributed by atoms with Crippen molar-refractivity contribution in [2.75, 3.05) is 29.9 Å². The van der Waals surface area contributed by atoms with Crippen molar-refractivity contribution in [2.24, 2.45) is 0 Å². The van der Waals surface area contributed by atoms with E-state index in [2.05, 4.69) is 20.3 Å². The van der Waals surface area contributed by atoms with Gasteiger partial charge in [0.15, 0.2) is 0 Å². The second-order valence-corrected chi connectivity index (χ2v) is 5.47. The Morgan fingerprint density at radius 1 is 1.33 bits per heavy atom. The van der Waals surface area contributed by atoms with Gasteiger partial charge < -0.3 is 15.3 Å². The van der Waals surface area contributed by atoms with E-state index in [0.717, 1.165) is 18.7 Å². The zero-order valence-electron chi connectivity index (χ0n) is 12.0. The van der Waals surface area contributed by atoms with Crippen molar-refractivity contribution in [2.45, 2.75) is 20.0 Å². The lowest BCUT2D eigenvalue weighted by molar-refractivity contribution is 0.192. The van der Waals surface area contributed by atoms with Gasteiger partial charge in [0.05, 0.1) is 6.10 Å². The second kappa shape index (κ2) is 7.53. The van der Waals surface area contributed by atoms with Crippen molar-refractivity contribution in [1.82, 2.24) is 15.0 Å². The molecule has 2 aromatic heterocycles. The van der Waals surface area contributed by atoms with Crippen LogP contribution in [0.25, 0.3) is 0 Å². The van der Waals surface area contributed by atoms with Crippen LogP contribution in [0.2, 0.25) is 5.28 Å². The summed E-state index contributed by atoms with van der Waals surface area (Å²) < 4.78 is 0. The Bertz CT molecular complexity index is 562. The van der Waals surface area contributed by atoms with Crippen LogP contribution in [-0.2, 0) is 0 Å². The highest BCUT2D eigenvalue weighted by Crippen LogP contribution is 2.18. The zero-order chi connectivity index (χ0) is 15.2. The number of halogens is 1. The summed E-state index contributed by atoms with van der Waals surface area (Å²) in [6, 6.07) is 1.89. The summed E-state index contributed by atoms with van der Waals surface area (Å²) in [5.41, 5.74) is 0.872. The SMILES string of the molecule is CCN(CC)c1nc(Cl)nc(NCC(O)c2ccsc2)n1. The molecule has 2 aromatic rings. The van der Waals surface area contributed by atoms with E-state index in [1.54, 1.807) is 11.3 Å². The Balaban J connectivity index is 2.06. The standard InChI is InChI=1S/C13H18ClN5OS/c1-3-19(4-2)13-17-11(14)16-12(18-13)15-7-10(20)9-5-6-21-8-9/h5-6,8,10,20H,3-4,7H2,1-2H3,(H,15,16,17,18). The third-order valence-corrected chi connectivity index (χ3v) is 3.89. The van der Waals surface area contributed by atoms with Crippen LogP contribution < -0.4 is 10.2 Å². The van der Waals surface area contributed by atoms with Gasteiger partial charge in [-0.2, -0.15) is 26.3 Å². The molecule has 0 radical (unpaired) electrons. The van der Waals surface area contributed by atoms with Gasteiger partial charge in [0.2, 0.25) is 17.2 Å². The van der Waals surface area contributed by atoms with E-state index in [1.165, 1.54) is 0 Å². The Hall–Kier alpha value is -1.44. The fourth-order valence-electron chi connectivity index (χ4n) is 1.84. The third kappa shape index (κ3) is 4.26. The summed E-state index contributed by atoms with van der Waals surface area (Å²) in [7, 11) is 0. The van der Waals surface area contributed by atoms with Crippen LogP contribution in [0.4, 0.5) is 11.9 Å². The van der Waals surface area contributed by atoms with Crippen LogP contribution in [0.15, 0.2) is 16.8 Å². The zero-order valence-corrected chi connectivity index (χ0v) is 13.5. The molecule has 0 aliphatic rings. The molecule has 21 heavy (non-hydrogen) atoms. The van der Waals surface area contributed by atoms with Gasteiger partial charge in [-0.1, -0.05) is 0 Å². The van der Waals surface area contributed by atoms with Crippen LogP contribution in [-0.4, -0.2) is 39.7 Å². The van der Waals surface area contributed by atoms with E-state index < -0.39 is 6.10 Å². The highest BCUT2D eigenvalue weighted by molar-refractivity contribution is 7.07. The fraction of sp³-hybridized carbons (Fsp3) is 0.462. The lowest BCUT2D eigenvalue weighted by atomic mass is 10.2. The van der Waals surface area contributed by atoms with Gasteiger partial charge in [-0.25, -0.2) is 0 Å². The van der Waals surface area contributed by atoms with Crippen molar-refractivity contribution in [1.29, 1.82) is 0 Å². The molecule has 1 unspecified atom stereocenters. The molecule has 0 spiro atoms. The monoisotopic (exact) mass is 327 g/mol. The van der Waals surface area contributed by atoms with Crippen LogP contribution in [0, 0.1) is 0 Å². The van der Waals surface area contributed by atoms with E-state index in [9.17, 15) is 5.11 Å². The quantitative estimate of drug-likeness (QED) is 0.814. The molecule has 0 bridgehead atoms. The Morgan fingerprint density at radius 3 is 2.71 bits per heavy atom. The number of aromatic nitrogens is 3. The normalized spacial score (nSPS) is 12.2. The summed E-state index contributed by atoms with van der Waals surface area (Å²) in [5, 5.41) is 17.0. The number of hydrogen-bond donors (Lipinski definition) is 2. The number of nitrogens with one attached hydrogen (secondary N) is 1. The molecular formula is C13H18ClN5OS. The predicted molar refractivity (Wildman–Crippen MR) is 86.2 cm³/mol. The van der Waals surface area contributed by atoms with Gasteiger partial charge in [0, 0.05) is 19.6 Å². The van der Waals surface area contributed by atoms with Crippen molar-refractivity contribution in [3.63, 3.8) is 0 Å². The summed E-state index contributed by atoms with van der Waals surface area (Å²) in [6.45, 7) is 5.93. The number of hydrogen-bond acceptors (Lipinski definition) is 7. The first kappa shape index (κ1) is 15.9. The van der Waals surface area contributed by atoms with Gasteiger partial charge in [0.25, 0.3) is 0 Å². The fourth-order valence-corrected chi connectivity index (χ4v) is 2.70. The number of anilines is 2. The van der Waals surface area contributed by atoms with Crippen LogP contribution in [0.3, 0.4) is 0 Å². The van der Waals surface area contributed by atoms with Gasteiger partial charge in [-0.05, 0) is 47.8 Å². The maximum absolute atomic E-state index is 10.0. The number of rotatable bonds is 7. The lowest BCUT2D eigenvalue weighted by Crippen LogP contribution is -2.25. The third-order valence-electron chi connectivity index (χ3n) is 3.02. The molecule has 6 nitrogen and oxygen atoms in total. The molecule has 0 amide bonds. The minimum Gasteiger partial charge on any atom is -0.387 e. The molecule has 0 fully saturated rings. The lowest BCUT2D eigenvalue weighted by Gasteiger charge is -2.19. The van der Waals surface area contributed by atoms with Gasteiger partial charge in [0.1, 0.15) is 0 Å². The molecular weight excluding hydrogens is 310 g/mol. The molecule has 2 rings (SSSR count). The molecule has 0 aliphatic heterocycles. The maximum atomic E-state index is 10.0. The highest BCUT2D eigenvalue weighted by Gasteiger charge is 2.12. The van der Waals surface area contributed by atoms with Crippen LogP contribution in [0.5, 0.6) is 0 Å². The summed E-state index contributed by atoms with van der Waals surface area (Å²) >= 11 is 7.48. The molecule has 2 N–H and O–H groups in total. The van der Waals surface area contributed by atoms with E-state index in [0.29, 0.717) is 18.4 Å². The molecule has 0 saturated heterocycles. The predicted octanol–water partition coefficient (Wildman–Crippen LogP) is 2.58. The van der Waals surface area contributed by atoms with E-state index in [-0.39, 0.29) is 5.28 Å².